The first kappa shape index (κ1) is 18.6. The van der Waals surface area contributed by atoms with E-state index >= 15 is 0 Å². The van der Waals surface area contributed by atoms with Gasteiger partial charge in [-0.2, -0.15) is 0 Å². The Kier molecular flexibility index (Phi) is 4.90. The third kappa shape index (κ3) is 3.81. The number of rotatable bonds is 5. The summed E-state index contributed by atoms with van der Waals surface area (Å²) in [7, 11) is 0. The van der Waals surface area contributed by atoms with Crippen molar-refractivity contribution >= 4 is 27.8 Å². The first-order valence-corrected chi connectivity index (χ1v) is 9.08. The normalized spacial score (nSPS) is 24.6. The Hall–Kier alpha value is -2.18. The Labute approximate surface area is 160 Å². The van der Waals surface area contributed by atoms with Gasteiger partial charge in [0.05, 0.1) is 5.60 Å². The topological polar surface area (TPSA) is 89.6 Å². The quantitative estimate of drug-likeness (QED) is 0.725. The van der Waals surface area contributed by atoms with Gasteiger partial charge >= 0.3 is 6.09 Å². The van der Waals surface area contributed by atoms with Crippen molar-refractivity contribution in [3.05, 3.63) is 69.7 Å². The number of amides is 1. The summed E-state index contributed by atoms with van der Waals surface area (Å²) in [6.07, 6.45) is -0.0479. The predicted octanol–water partition coefficient (Wildman–Crippen LogP) is 3.71. The maximum absolute atomic E-state index is 12.5. The molecule has 0 bridgehead atoms. The molecule has 6 heteroatoms. The number of carbonyl (C=O) groups excluding carboxylic acids is 2. The van der Waals surface area contributed by atoms with Gasteiger partial charge in [-0.1, -0.05) is 58.4 Å². The lowest BCUT2D eigenvalue weighted by molar-refractivity contribution is -0.175. The van der Waals surface area contributed by atoms with E-state index in [1.165, 1.54) is 0 Å². The lowest BCUT2D eigenvalue weighted by atomic mass is 9.65. The Morgan fingerprint density at radius 3 is 2.31 bits per heavy atom. The highest BCUT2D eigenvalue weighted by Gasteiger charge is 2.55. The van der Waals surface area contributed by atoms with Crippen LogP contribution in [0.25, 0.3) is 0 Å². The van der Waals surface area contributed by atoms with Gasteiger partial charge in [-0.25, -0.2) is 4.79 Å². The highest BCUT2D eigenvalue weighted by Crippen LogP contribution is 2.51. The van der Waals surface area contributed by atoms with E-state index in [-0.39, 0.29) is 18.6 Å². The van der Waals surface area contributed by atoms with Crippen molar-refractivity contribution in [2.75, 3.05) is 0 Å². The van der Waals surface area contributed by atoms with Gasteiger partial charge in [0.25, 0.3) is 0 Å². The number of primary amides is 1. The number of carbonyl (C=O) groups is 2. The second-order valence-corrected chi connectivity index (χ2v) is 7.89. The fraction of sp³-hybridized carbons (Fsp3) is 0.300. The van der Waals surface area contributed by atoms with Crippen molar-refractivity contribution in [1.82, 2.24) is 0 Å². The Morgan fingerprint density at radius 2 is 1.77 bits per heavy atom. The van der Waals surface area contributed by atoms with Crippen molar-refractivity contribution in [1.29, 1.82) is 0 Å². The molecule has 136 valence electrons. The van der Waals surface area contributed by atoms with Crippen molar-refractivity contribution < 1.29 is 19.4 Å². The van der Waals surface area contributed by atoms with Gasteiger partial charge in [0, 0.05) is 29.3 Å². The number of aliphatic hydroxyl groups is 1. The van der Waals surface area contributed by atoms with Crippen LogP contribution >= 0.6 is 15.9 Å². The Balaban J connectivity index is 1.78. The van der Waals surface area contributed by atoms with Crippen molar-refractivity contribution in [3.63, 3.8) is 0 Å². The number of Topliss-reactive ketones (excluding diaryl/α,β-unsaturated/α-hetero) is 1. The van der Waals surface area contributed by atoms with Gasteiger partial charge in [-0.05, 0) is 24.1 Å². The molecule has 0 unspecified atom stereocenters. The average molecular weight is 418 g/mol. The molecular formula is C20H20BrNO4. The first-order valence-electron chi connectivity index (χ1n) is 8.29. The van der Waals surface area contributed by atoms with Crippen LogP contribution in [-0.4, -0.2) is 22.6 Å². The number of ether oxygens (including phenoxy) is 1. The number of benzene rings is 2. The molecule has 1 amide bonds. The van der Waals surface area contributed by atoms with Crippen molar-refractivity contribution in [2.24, 2.45) is 5.73 Å². The van der Waals surface area contributed by atoms with E-state index in [9.17, 15) is 14.7 Å². The van der Waals surface area contributed by atoms with Crippen LogP contribution < -0.4 is 5.73 Å². The van der Waals surface area contributed by atoms with Crippen LogP contribution in [0.5, 0.6) is 0 Å². The Morgan fingerprint density at radius 1 is 1.15 bits per heavy atom. The highest BCUT2D eigenvalue weighted by atomic mass is 79.9. The van der Waals surface area contributed by atoms with Crippen LogP contribution in [0.4, 0.5) is 4.79 Å². The summed E-state index contributed by atoms with van der Waals surface area (Å²) in [5.41, 5.74) is 5.58. The molecule has 3 N–H and O–H groups in total. The minimum atomic E-state index is -0.931. The molecule has 0 saturated heterocycles. The largest absolute Gasteiger partial charge is 0.438 e. The minimum absolute atomic E-state index is 0.00562. The minimum Gasteiger partial charge on any atom is -0.438 e. The zero-order valence-electron chi connectivity index (χ0n) is 14.4. The highest BCUT2D eigenvalue weighted by molar-refractivity contribution is 9.10. The van der Waals surface area contributed by atoms with Gasteiger partial charge in [0.1, 0.15) is 5.60 Å². The third-order valence-corrected chi connectivity index (χ3v) is 5.44. The van der Waals surface area contributed by atoms with E-state index in [0.29, 0.717) is 12.0 Å². The molecule has 0 atom stereocenters. The molecule has 1 fully saturated rings. The molecule has 0 spiro atoms. The molecular weight excluding hydrogens is 398 g/mol. The maximum Gasteiger partial charge on any atom is 0.405 e. The molecule has 1 aliphatic rings. The summed E-state index contributed by atoms with van der Waals surface area (Å²) in [6, 6.07) is 14.5. The number of nitrogens with two attached hydrogens (primary N) is 1. The standard InChI is InChI=1S/C20H20BrNO4/c1-19(25)11-20(12-19,26-18(22)24)15-8-6-13(7-9-15)17(23)10-14-4-2-3-5-16(14)21/h2-9,25H,10-12H2,1H3,(H2,22,24). The molecule has 1 aliphatic carbocycles. The molecule has 3 rings (SSSR count). The lowest BCUT2D eigenvalue weighted by Crippen LogP contribution is -2.55. The van der Waals surface area contributed by atoms with Crippen LogP contribution in [-0.2, 0) is 16.8 Å². The summed E-state index contributed by atoms with van der Waals surface area (Å²) in [5.74, 6) is -0.00562. The summed E-state index contributed by atoms with van der Waals surface area (Å²) in [4.78, 5) is 23.8. The van der Waals surface area contributed by atoms with Gasteiger partial charge in [-0.3, -0.25) is 4.79 Å². The van der Waals surface area contributed by atoms with E-state index in [2.05, 4.69) is 15.9 Å². The first-order chi connectivity index (χ1) is 12.2. The average Bonchev–Trinajstić information content (AvgIpc) is 2.54. The van der Waals surface area contributed by atoms with Crippen LogP contribution in [0, 0.1) is 0 Å². The fourth-order valence-electron chi connectivity index (χ4n) is 3.58. The number of halogens is 1. The van der Waals surface area contributed by atoms with Gasteiger partial charge < -0.3 is 15.6 Å². The van der Waals surface area contributed by atoms with Crippen molar-refractivity contribution in [2.45, 2.75) is 37.4 Å². The van der Waals surface area contributed by atoms with E-state index in [1.807, 2.05) is 24.3 Å². The zero-order valence-corrected chi connectivity index (χ0v) is 16.0. The molecule has 1 saturated carbocycles. The molecule has 0 radical (unpaired) electrons. The molecule has 2 aromatic carbocycles. The van der Waals surface area contributed by atoms with Gasteiger partial charge in [0.2, 0.25) is 0 Å². The number of hydrogen-bond acceptors (Lipinski definition) is 4. The van der Waals surface area contributed by atoms with Crippen molar-refractivity contribution in [3.8, 4) is 0 Å². The maximum atomic E-state index is 12.5. The van der Waals surface area contributed by atoms with Gasteiger partial charge in [0.15, 0.2) is 5.78 Å². The van der Waals surface area contributed by atoms with E-state index in [1.54, 1.807) is 31.2 Å². The molecule has 2 aromatic rings. The fourth-order valence-corrected chi connectivity index (χ4v) is 4.01. The predicted molar refractivity (Wildman–Crippen MR) is 101 cm³/mol. The summed E-state index contributed by atoms with van der Waals surface area (Å²) in [6.45, 7) is 1.69. The second kappa shape index (κ2) is 6.85. The lowest BCUT2D eigenvalue weighted by Gasteiger charge is -2.50. The third-order valence-electron chi connectivity index (χ3n) is 4.67. The van der Waals surface area contributed by atoms with Crippen LogP contribution in [0.2, 0.25) is 0 Å². The smallest absolute Gasteiger partial charge is 0.405 e. The molecule has 0 aliphatic heterocycles. The second-order valence-electron chi connectivity index (χ2n) is 7.03. The monoisotopic (exact) mass is 417 g/mol. The Bertz CT molecular complexity index is 837. The van der Waals surface area contributed by atoms with E-state index < -0.39 is 17.3 Å². The number of hydrogen-bond donors (Lipinski definition) is 2. The molecule has 26 heavy (non-hydrogen) atoms. The SMILES string of the molecule is CC1(O)CC(OC(N)=O)(c2ccc(C(=O)Cc3ccccc3Br)cc2)C1. The number of ketones is 1. The molecule has 5 nitrogen and oxygen atoms in total. The van der Waals surface area contributed by atoms with E-state index in [0.717, 1.165) is 15.6 Å². The molecule has 0 aromatic heterocycles. The summed E-state index contributed by atoms with van der Waals surface area (Å²) >= 11 is 3.45. The van der Waals surface area contributed by atoms with Crippen LogP contribution in [0.3, 0.4) is 0 Å². The van der Waals surface area contributed by atoms with Crippen LogP contribution in [0.1, 0.15) is 41.3 Å². The summed E-state index contributed by atoms with van der Waals surface area (Å²) < 4.78 is 6.19. The zero-order chi connectivity index (χ0) is 18.9. The molecule has 0 heterocycles. The summed E-state index contributed by atoms with van der Waals surface area (Å²) in [5, 5.41) is 10.1. The van der Waals surface area contributed by atoms with E-state index in [4.69, 9.17) is 10.5 Å². The van der Waals surface area contributed by atoms with Crippen LogP contribution in [0.15, 0.2) is 53.0 Å². The van der Waals surface area contributed by atoms with Gasteiger partial charge in [-0.15, -0.1) is 0 Å².